The lowest BCUT2D eigenvalue weighted by Crippen LogP contribution is -2.52. The molecule has 0 aliphatic heterocycles. The Morgan fingerprint density at radius 3 is 2.16 bits per heavy atom. The minimum atomic E-state index is -0.607. The SMILES string of the molecule is CCCc1ccc(C(CC)N(C=O)C2(/N=C(\C)c3cc(Cl)cc(Cl)c3)CCC(C(C)(C)CC)CC2)cc1. The average Bonchev–Trinajstić information content (AvgIpc) is 2.87. The van der Waals surface area contributed by atoms with Crippen LogP contribution in [0.15, 0.2) is 47.5 Å². The zero-order chi connectivity index (χ0) is 27.2. The van der Waals surface area contributed by atoms with Gasteiger partial charge in [-0.05, 0) is 91.7 Å². The summed E-state index contributed by atoms with van der Waals surface area (Å²) in [4.78, 5) is 20.3. The molecule has 0 bridgehead atoms. The lowest BCUT2D eigenvalue weighted by atomic mass is 9.67. The van der Waals surface area contributed by atoms with Gasteiger partial charge in [0.2, 0.25) is 6.41 Å². The molecular weight excluding hydrogens is 499 g/mol. The van der Waals surface area contributed by atoms with Crippen LogP contribution in [0, 0.1) is 11.3 Å². The Hall–Kier alpha value is -1.84. The first-order valence-corrected chi connectivity index (χ1v) is 14.7. The maximum Gasteiger partial charge on any atom is 0.212 e. The van der Waals surface area contributed by atoms with Crippen molar-refractivity contribution in [2.75, 3.05) is 0 Å². The number of halogens is 2. The number of amides is 1. The normalized spacial score (nSPS) is 21.5. The summed E-state index contributed by atoms with van der Waals surface area (Å²) in [6.45, 7) is 13.4. The molecule has 0 aromatic heterocycles. The van der Waals surface area contributed by atoms with Crippen LogP contribution in [0.25, 0.3) is 0 Å². The topological polar surface area (TPSA) is 32.7 Å². The Bertz CT molecular complexity index is 1050. The van der Waals surface area contributed by atoms with Gasteiger partial charge < -0.3 is 4.90 Å². The van der Waals surface area contributed by atoms with Crippen molar-refractivity contribution in [2.24, 2.45) is 16.3 Å². The molecule has 1 saturated carbocycles. The molecule has 0 radical (unpaired) electrons. The number of hydrogen-bond acceptors (Lipinski definition) is 2. The van der Waals surface area contributed by atoms with Crippen molar-refractivity contribution < 1.29 is 4.79 Å². The van der Waals surface area contributed by atoms with E-state index < -0.39 is 5.66 Å². The van der Waals surface area contributed by atoms with Gasteiger partial charge in [0.05, 0.1) is 6.04 Å². The third-order valence-corrected chi connectivity index (χ3v) is 9.12. The number of hydrogen-bond donors (Lipinski definition) is 0. The van der Waals surface area contributed by atoms with Crippen molar-refractivity contribution in [1.82, 2.24) is 4.90 Å². The van der Waals surface area contributed by atoms with Gasteiger partial charge in [-0.3, -0.25) is 9.79 Å². The monoisotopic (exact) mass is 542 g/mol. The van der Waals surface area contributed by atoms with E-state index in [1.165, 1.54) is 11.1 Å². The molecule has 0 spiro atoms. The van der Waals surface area contributed by atoms with Crippen LogP contribution in [0.1, 0.15) is 109 Å². The number of carbonyl (C=O) groups excluding carboxylic acids is 1. The van der Waals surface area contributed by atoms with Crippen molar-refractivity contribution >= 4 is 35.3 Å². The van der Waals surface area contributed by atoms with Gasteiger partial charge in [-0.15, -0.1) is 0 Å². The molecular formula is C32H44Cl2N2O. The summed E-state index contributed by atoms with van der Waals surface area (Å²) in [5.41, 5.74) is 3.93. The first-order valence-electron chi connectivity index (χ1n) is 13.9. The first kappa shape index (κ1) is 29.7. The van der Waals surface area contributed by atoms with E-state index in [-0.39, 0.29) is 11.5 Å². The Morgan fingerprint density at radius 2 is 1.68 bits per heavy atom. The Morgan fingerprint density at radius 1 is 1.08 bits per heavy atom. The van der Waals surface area contributed by atoms with Crippen LogP contribution in [-0.2, 0) is 11.2 Å². The zero-order valence-corrected chi connectivity index (χ0v) is 25.0. The molecule has 2 aromatic rings. The molecule has 3 nitrogen and oxygen atoms in total. The van der Waals surface area contributed by atoms with E-state index in [0.29, 0.717) is 16.0 Å². The molecule has 3 rings (SSSR count). The van der Waals surface area contributed by atoms with Crippen molar-refractivity contribution in [2.45, 2.75) is 105 Å². The van der Waals surface area contributed by atoms with E-state index in [1.807, 2.05) is 24.0 Å². The molecule has 1 unspecified atom stereocenters. The molecule has 202 valence electrons. The zero-order valence-electron chi connectivity index (χ0n) is 23.5. The molecule has 1 atom stereocenters. The average molecular weight is 544 g/mol. The highest BCUT2D eigenvalue weighted by Gasteiger charge is 2.45. The van der Waals surface area contributed by atoms with Gasteiger partial charge >= 0.3 is 0 Å². The fourth-order valence-electron chi connectivity index (χ4n) is 5.97. The summed E-state index contributed by atoms with van der Waals surface area (Å²) in [6.07, 6.45) is 8.99. The summed E-state index contributed by atoms with van der Waals surface area (Å²) < 4.78 is 0. The third-order valence-electron chi connectivity index (χ3n) is 8.68. The lowest BCUT2D eigenvalue weighted by Gasteiger charge is -2.49. The minimum absolute atomic E-state index is 0.0385. The molecule has 0 N–H and O–H groups in total. The van der Waals surface area contributed by atoms with Gasteiger partial charge in [0.1, 0.15) is 5.66 Å². The summed E-state index contributed by atoms with van der Waals surface area (Å²) in [6, 6.07) is 14.3. The van der Waals surface area contributed by atoms with Crippen molar-refractivity contribution in [1.29, 1.82) is 0 Å². The van der Waals surface area contributed by atoms with Gasteiger partial charge in [-0.25, -0.2) is 0 Å². The van der Waals surface area contributed by atoms with E-state index in [2.05, 4.69) is 58.9 Å². The predicted molar refractivity (Wildman–Crippen MR) is 159 cm³/mol. The van der Waals surface area contributed by atoms with E-state index >= 15 is 0 Å². The predicted octanol–water partition coefficient (Wildman–Crippen LogP) is 9.69. The Balaban J connectivity index is 2.06. The summed E-state index contributed by atoms with van der Waals surface area (Å²) in [7, 11) is 0. The second kappa shape index (κ2) is 12.8. The standard InChI is InChI=1S/C32H44Cl2N2O/c1-7-10-24-11-13-25(14-12-24)30(8-2)36(22-37)32(17-15-27(16-18-32)31(5,6)9-3)35-23(4)26-19-28(33)21-29(34)20-26/h11-14,19-22,27,30H,7-10,15-18H2,1-6H3/b35-23+. The second-order valence-corrected chi connectivity index (χ2v) is 12.3. The maximum absolute atomic E-state index is 12.9. The van der Waals surface area contributed by atoms with E-state index in [4.69, 9.17) is 28.2 Å². The summed E-state index contributed by atoms with van der Waals surface area (Å²) in [5, 5.41) is 1.18. The van der Waals surface area contributed by atoms with E-state index in [0.717, 1.165) is 69.1 Å². The molecule has 1 fully saturated rings. The lowest BCUT2D eigenvalue weighted by molar-refractivity contribution is -0.130. The smallest absolute Gasteiger partial charge is 0.212 e. The van der Waals surface area contributed by atoms with Gasteiger partial charge in [0, 0.05) is 15.8 Å². The molecule has 1 aliphatic rings. The highest BCUT2D eigenvalue weighted by atomic mass is 35.5. The van der Waals surface area contributed by atoms with Crippen LogP contribution < -0.4 is 0 Å². The number of nitrogens with zero attached hydrogens (tertiary/aromatic N) is 2. The molecule has 0 saturated heterocycles. The molecule has 1 aliphatic carbocycles. The van der Waals surface area contributed by atoms with Gasteiger partial charge in [0.15, 0.2) is 0 Å². The van der Waals surface area contributed by atoms with Crippen LogP contribution in [0.3, 0.4) is 0 Å². The maximum atomic E-state index is 12.9. The van der Waals surface area contributed by atoms with E-state index in [1.54, 1.807) is 6.07 Å². The Kier molecular flexibility index (Phi) is 10.3. The van der Waals surface area contributed by atoms with Gasteiger partial charge in [0.25, 0.3) is 0 Å². The van der Waals surface area contributed by atoms with Crippen LogP contribution in [0.2, 0.25) is 10.0 Å². The Labute approximate surface area is 234 Å². The van der Waals surface area contributed by atoms with Crippen LogP contribution in [0.4, 0.5) is 0 Å². The first-order chi connectivity index (χ1) is 17.6. The summed E-state index contributed by atoms with van der Waals surface area (Å²) >= 11 is 12.7. The number of benzene rings is 2. The van der Waals surface area contributed by atoms with Crippen molar-refractivity contribution in [3.63, 3.8) is 0 Å². The minimum Gasteiger partial charge on any atom is -0.313 e. The largest absolute Gasteiger partial charge is 0.313 e. The second-order valence-electron chi connectivity index (χ2n) is 11.4. The number of aryl methyl sites for hydroxylation is 1. The van der Waals surface area contributed by atoms with Crippen LogP contribution in [-0.4, -0.2) is 22.7 Å². The van der Waals surface area contributed by atoms with Gasteiger partial charge in [-0.2, -0.15) is 0 Å². The molecule has 1 amide bonds. The van der Waals surface area contributed by atoms with Crippen molar-refractivity contribution in [3.05, 3.63) is 69.2 Å². The highest BCUT2D eigenvalue weighted by Crippen LogP contribution is 2.48. The molecule has 37 heavy (non-hydrogen) atoms. The third kappa shape index (κ3) is 6.98. The van der Waals surface area contributed by atoms with E-state index in [9.17, 15) is 4.79 Å². The van der Waals surface area contributed by atoms with Crippen LogP contribution in [0.5, 0.6) is 0 Å². The number of carbonyl (C=O) groups is 1. The number of rotatable bonds is 11. The number of aliphatic imine (C=N–C) groups is 1. The highest BCUT2D eigenvalue weighted by molar-refractivity contribution is 6.35. The molecule has 0 heterocycles. The van der Waals surface area contributed by atoms with Gasteiger partial charge in [-0.1, -0.05) is 94.9 Å². The fraction of sp³-hybridized carbons (Fsp3) is 0.562. The van der Waals surface area contributed by atoms with Crippen LogP contribution >= 0.6 is 23.2 Å². The molecule has 2 aromatic carbocycles. The quantitative estimate of drug-likeness (QED) is 0.205. The molecule has 5 heteroatoms. The van der Waals surface area contributed by atoms with Crippen molar-refractivity contribution in [3.8, 4) is 0 Å². The fourth-order valence-corrected chi connectivity index (χ4v) is 6.49. The summed E-state index contributed by atoms with van der Waals surface area (Å²) in [5.74, 6) is 0.614.